The van der Waals surface area contributed by atoms with Crippen molar-refractivity contribution in [3.05, 3.63) is 35.7 Å². The summed E-state index contributed by atoms with van der Waals surface area (Å²) in [7, 11) is 0. The molecule has 0 aliphatic heterocycles. The average molecular weight is 273 g/mol. The van der Waals surface area contributed by atoms with E-state index in [1.165, 1.54) is 0 Å². The fraction of sp³-hybridized carbons (Fsp3) is 0.333. The van der Waals surface area contributed by atoms with Gasteiger partial charge in [0.2, 0.25) is 11.8 Å². The highest BCUT2D eigenvalue weighted by Crippen LogP contribution is 2.26. The van der Waals surface area contributed by atoms with Gasteiger partial charge in [-0.05, 0) is 44.5 Å². The molecular weight excluding hydrogens is 254 g/mol. The second-order valence-corrected chi connectivity index (χ2v) is 4.76. The molecule has 0 spiro atoms. The third-order valence-electron chi connectivity index (χ3n) is 2.98. The van der Waals surface area contributed by atoms with E-state index in [0.717, 1.165) is 22.5 Å². The van der Waals surface area contributed by atoms with E-state index < -0.39 is 0 Å². The molecule has 2 rings (SSSR count). The van der Waals surface area contributed by atoms with Crippen molar-refractivity contribution in [3.63, 3.8) is 0 Å². The molecule has 5 heteroatoms. The maximum Gasteiger partial charge on any atom is 0.226 e. The third-order valence-corrected chi connectivity index (χ3v) is 2.98. The molecule has 1 amide bonds. The number of nitrogens with zero attached hydrogens (tertiary/aromatic N) is 1. The van der Waals surface area contributed by atoms with Gasteiger partial charge in [-0.15, -0.1) is 0 Å². The molecule has 106 valence electrons. The summed E-state index contributed by atoms with van der Waals surface area (Å²) < 4.78 is 5.42. The van der Waals surface area contributed by atoms with Crippen molar-refractivity contribution in [1.82, 2.24) is 4.98 Å². The Morgan fingerprint density at radius 2 is 2.20 bits per heavy atom. The summed E-state index contributed by atoms with van der Waals surface area (Å²) in [5.74, 6) is 0.534. The number of aryl methyl sites for hydroxylation is 2. The molecule has 1 aromatic carbocycles. The Balaban J connectivity index is 2.18. The Labute approximate surface area is 118 Å². The van der Waals surface area contributed by atoms with Gasteiger partial charge < -0.3 is 15.5 Å². The van der Waals surface area contributed by atoms with Crippen molar-refractivity contribution in [2.75, 3.05) is 11.9 Å². The van der Waals surface area contributed by atoms with Crippen LogP contribution in [-0.2, 0) is 4.79 Å². The first-order chi connectivity index (χ1) is 9.60. The van der Waals surface area contributed by atoms with Crippen LogP contribution in [0.5, 0.6) is 0 Å². The Hall–Kier alpha value is -2.14. The van der Waals surface area contributed by atoms with Gasteiger partial charge in [0.05, 0.1) is 5.69 Å². The molecule has 0 saturated carbocycles. The Morgan fingerprint density at radius 1 is 1.40 bits per heavy atom. The summed E-state index contributed by atoms with van der Waals surface area (Å²) in [6.07, 6.45) is 2.72. The highest BCUT2D eigenvalue weighted by Gasteiger charge is 2.10. The van der Waals surface area contributed by atoms with Crippen LogP contribution in [0.1, 0.15) is 24.1 Å². The molecule has 0 aliphatic rings. The number of aromatic nitrogens is 1. The lowest BCUT2D eigenvalue weighted by atomic mass is 10.1. The first kappa shape index (κ1) is 14.3. The molecule has 1 heterocycles. The summed E-state index contributed by atoms with van der Waals surface area (Å²) in [5, 5.41) is 2.86. The number of nitrogens with two attached hydrogens (primary N) is 1. The number of oxazole rings is 1. The van der Waals surface area contributed by atoms with E-state index in [0.29, 0.717) is 25.3 Å². The molecule has 1 aromatic heterocycles. The highest BCUT2D eigenvalue weighted by atomic mass is 16.3. The molecule has 0 radical (unpaired) electrons. The number of hydrogen-bond acceptors (Lipinski definition) is 4. The van der Waals surface area contributed by atoms with Crippen molar-refractivity contribution >= 4 is 11.6 Å². The van der Waals surface area contributed by atoms with Crippen LogP contribution < -0.4 is 11.1 Å². The fourth-order valence-corrected chi connectivity index (χ4v) is 1.89. The van der Waals surface area contributed by atoms with Crippen LogP contribution in [0, 0.1) is 13.8 Å². The smallest absolute Gasteiger partial charge is 0.226 e. The van der Waals surface area contributed by atoms with Gasteiger partial charge in [-0.3, -0.25) is 4.79 Å². The molecule has 5 nitrogen and oxygen atoms in total. The minimum absolute atomic E-state index is 0.0335. The number of nitrogens with one attached hydrogen (secondary N) is 1. The normalized spacial score (nSPS) is 10.6. The van der Waals surface area contributed by atoms with Crippen LogP contribution in [0.4, 0.5) is 5.69 Å². The van der Waals surface area contributed by atoms with Gasteiger partial charge in [0.15, 0.2) is 0 Å². The molecule has 2 aromatic rings. The highest BCUT2D eigenvalue weighted by molar-refractivity contribution is 5.91. The van der Waals surface area contributed by atoms with E-state index in [1.807, 2.05) is 32.0 Å². The molecule has 0 aliphatic carbocycles. The summed E-state index contributed by atoms with van der Waals surface area (Å²) in [6, 6.07) is 5.68. The predicted molar refractivity (Wildman–Crippen MR) is 78.3 cm³/mol. The lowest BCUT2D eigenvalue weighted by Gasteiger charge is -2.08. The zero-order valence-electron chi connectivity index (χ0n) is 11.8. The second-order valence-electron chi connectivity index (χ2n) is 4.76. The maximum atomic E-state index is 11.7. The first-order valence-corrected chi connectivity index (χ1v) is 6.63. The summed E-state index contributed by atoms with van der Waals surface area (Å²) in [4.78, 5) is 16.0. The van der Waals surface area contributed by atoms with Crippen LogP contribution >= 0.6 is 0 Å². The summed E-state index contributed by atoms with van der Waals surface area (Å²) >= 11 is 0. The minimum atomic E-state index is -0.0335. The number of amides is 1. The van der Waals surface area contributed by atoms with Gasteiger partial charge in [-0.1, -0.05) is 6.07 Å². The number of anilines is 1. The van der Waals surface area contributed by atoms with Crippen molar-refractivity contribution in [1.29, 1.82) is 0 Å². The van der Waals surface area contributed by atoms with E-state index in [4.69, 9.17) is 10.2 Å². The number of carbonyl (C=O) groups excluding carboxylic acids is 1. The topological polar surface area (TPSA) is 81.2 Å². The average Bonchev–Trinajstić information content (AvgIpc) is 2.85. The van der Waals surface area contributed by atoms with Gasteiger partial charge in [0.25, 0.3) is 0 Å². The molecule has 0 saturated heterocycles. The van der Waals surface area contributed by atoms with Crippen molar-refractivity contribution in [2.24, 2.45) is 5.73 Å². The van der Waals surface area contributed by atoms with Gasteiger partial charge in [-0.25, -0.2) is 4.98 Å². The van der Waals surface area contributed by atoms with E-state index in [1.54, 1.807) is 6.26 Å². The Kier molecular flexibility index (Phi) is 4.53. The fourth-order valence-electron chi connectivity index (χ4n) is 1.89. The van der Waals surface area contributed by atoms with Gasteiger partial charge in [-0.2, -0.15) is 0 Å². The van der Waals surface area contributed by atoms with Crippen molar-refractivity contribution in [3.8, 4) is 11.5 Å². The zero-order chi connectivity index (χ0) is 14.5. The lowest BCUT2D eigenvalue weighted by Crippen LogP contribution is -2.13. The molecule has 0 fully saturated rings. The first-order valence-electron chi connectivity index (χ1n) is 6.63. The molecule has 3 N–H and O–H groups in total. The minimum Gasteiger partial charge on any atom is -0.444 e. The van der Waals surface area contributed by atoms with Gasteiger partial charge in [0, 0.05) is 17.7 Å². The Bertz CT molecular complexity index is 605. The van der Waals surface area contributed by atoms with E-state index in [2.05, 4.69) is 10.3 Å². The van der Waals surface area contributed by atoms with Crippen molar-refractivity contribution < 1.29 is 9.21 Å². The Morgan fingerprint density at radius 3 is 2.85 bits per heavy atom. The van der Waals surface area contributed by atoms with Crippen LogP contribution in [0.2, 0.25) is 0 Å². The SMILES string of the molecule is Cc1coc(-c2cc(NC(=O)CCCN)ccc2C)n1. The quantitative estimate of drug-likeness (QED) is 0.877. The van der Waals surface area contributed by atoms with E-state index >= 15 is 0 Å². The standard InChI is InChI=1S/C15H19N3O2/c1-10-5-6-12(18-14(19)4-3-7-16)8-13(10)15-17-11(2)9-20-15/h5-6,8-9H,3-4,7,16H2,1-2H3,(H,18,19). The second kappa shape index (κ2) is 6.34. The number of benzene rings is 1. The molecule has 0 unspecified atom stereocenters. The van der Waals surface area contributed by atoms with E-state index in [9.17, 15) is 4.79 Å². The molecule has 0 atom stereocenters. The largest absolute Gasteiger partial charge is 0.444 e. The van der Waals surface area contributed by atoms with Crippen LogP contribution in [0.3, 0.4) is 0 Å². The van der Waals surface area contributed by atoms with Gasteiger partial charge >= 0.3 is 0 Å². The summed E-state index contributed by atoms with van der Waals surface area (Å²) in [5.41, 5.74) is 8.89. The third kappa shape index (κ3) is 3.45. The molecular formula is C15H19N3O2. The summed E-state index contributed by atoms with van der Waals surface area (Å²) in [6.45, 7) is 4.37. The maximum absolute atomic E-state index is 11.7. The number of carbonyl (C=O) groups is 1. The molecule has 0 bridgehead atoms. The lowest BCUT2D eigenvalue weighted by molar-refractivity contribution is -0.116. The number of rotatable bonds is 5. The van der Waals surface area contributed by atoms with Crippen LogP contribution in [-0.4, -0.2) is 17.4 Å². The molecule has 20 heavy (non-hydrogen) atoms. The van der Waals surface area contributed by atoms with Crippen molar-refractivity contribution in [2.45, 2.75) is 26.7 Å². The zero-order valence-corrected chi connectivity index (χ0v) is 11.8. The predicted octanol–water partition coefficient (Wildman–Crippen LogP) is 2.64. The number of hydrogen-bond donors (Lipinski definition) is 2. The van der Waals surface area contributed by atoms with Gasteiger partial charge in [0.1, 0.15) is 6.26 Å². The van der Waals surface area contributed by atoms with E-state index in [-0.39, 0.29) is 5.91 Å². The van der Waals surface area contributed by atoms with Crippen LogP contribution in [0.15, 0.2) is 28.9 Å². The van der Waals surface area contributed by atoms with Crippen LogP contribution in [0.25, 0.3) is 11.5 Å². The monoisotopic (exact) mass is 273 g/mol.